The molecule has 0 aliphatic rings. The summed E-state index contributed by atoms with van der Waals surface area (Å²) >= 11 is 0. The maximum atomic E-state index is 12.0. The van der Waals surface area contributed by atoms with Crippen LogP contribution < -0.4 is 20.7 Å². The van der Waals surface area contributed by atoms with Gasteiger partial charge in [-0.15, -0.1) is 0 Å². The van der Waals surface area contributed by atoms with Crippen LogP contribution in [-0.2, 0) is 11.2 Å². The van der Waals surface area contributed by atoms with Gasteiger partial charge in [-0.2, -0.15) is 0 Å². The Labute approximate surface area is 169 Å². The highest BCUT2D eigenvalue weighted by Crippen LogP contribution is 2.13. The average Bonchev–Trinajstić information content (AvgIpc) is 2.59. The quantitative estimate of drug-likeness (QED) is 0.360. The molecule has 0 bridgehead atoms. The Morgan fingerprint density at radius 1 is 1.14 bits per heavy atom. The lowest BCUT2D eigenvalue weighted by Crippen LogP contribution is -2.54. The third-order valence-corrected chi connectivity index (χ3v) is 3.83. The fraction of sp³-hybridized carbons (Fsp3) is 0.619. The van der Waals surface area contributed by atoms with Crippen molar-refractivity contribution in [3.63, 3.8) is 0 Å². The molecule has 0 aliphatic heterocycles. The van der Waals surface area contributed by atoms with Crippen molar-refractivity contribution in [2.45, 2.75) is 58.6 Å². The van der Waals surface area contributed by atoms with Crippen molar-refractivity contribution in [3.05, 3.63) is 29.8 Å². The number of amides is 1. The number of guanidine groups is 1. The third kappa shape index (κ3) is 10.0. The van der Waals surface area contributed by atoms with Gasteiger partial charge in [-0.1, -0.05) is 12.1 Å². The second-order valence-corrected chi connectivity index (χ2v) is 8.32. The average molecular weight is 393 g/mol. The molecule has 1 rings (SSSR count). The van der Waals surface area contributed by atoms with Crippen LogP contribution in [0, 0.1) is 0 Å². The lowest BCUT2D eigenvalue weighted by Gasteiger charge is -2.29. The Balaban J connectivity index is 2.36. The second kappa shape index (κ2) is 10.8. The molecule has 0 saturated carbocycles. The first-order valence-electron chi connectivity index (χ1n) is 9.63. The maximum absolute atomic E-state index is 12.0. The van der Waals surface area contributed by atoms with Crippen molar-refractivity contribution in [2.24, 2.45) is 4.99 Å². The summed E-state index contributed by atoms with van der Waals surface area (Å²) in [6.07, 6.45) is 1.49. The molecule has 1 aromatic rings. The van der Waals surface area contributed by atoms with E-state index in [4.69, 9.17) is 9.47 Å². The summed E-state index contributed by atoms with van der Waals surface area (Å²) in [7, 11) is 3.40. The molecule has 0 radical (unpaired) electrons. The summed E-state index contributed by atoms with van der Waals surface area (Å²) in [4.78, 5) is 16.2. The molecule has 0 spiro atoms. The lowest BCUT2D eigenvalue weighted by atomic mass is 10.1. The van der Waals surface area contributed by atoms with Gasteiger partial charge in [0, 0.05) is 20.1 Å². The van der Waals surface area contributed by atoms with E-state index in [0.717, 1.165) is 25.1 Å². The zero-order chi connectivity index (χ0) is 21.2. The minimum atomic E-state index is -0.520. The molecular formula is C21H36N4O3. The minimum Gasteiger partial charge on any atom is -0.497 e. The Bertz CT molecular complexity index is 651. The molecule has 7 heteroatoms. The molecular weight excluding hydrogens is 356 g/mol. The lowest BCUT2D eigenvalue weighted by molar-refractivity contribution is 0.0474. The van der Waals surface area contributed by atoms with Crippen LogP contribution in [0.4, 0.5) is 4.79 Å². The highest BCUT2D eigenvalue weighted by Gasteiger charge is 2.24. The number of nitrogens with one attached hydrogen (secondary N) is 3. The van der Waals surface area contributed by atoms with Crippen molar-refractivity contribution in [1.29, 1.82) is 0 Å². The van der Waals surface area contributed by atoms with Gasteiger partial charge in [0.1, 0.15) is 11.4 Å². The van der Waals surface area contributed by atoms with E-state index < -0.39 is 17.2 Å². The van der Waals surface area contributed by atoms with Gasteiger partial charge in [0.15, 0.2) is 5.96 Å². The third-order valence-electron chi connectivity index (χ3n) is 3.83. The summed E-state index contributed by atoms with van der Waals surface area (Å²) in [5, 5.41) is 9.41. The number of alkyl carbamates (subject to hydrolysis) is 1. The molecule has 158 valence electrons. The van der Waals surface area contributed by atoms with E-state index in [2.05, 4.69) is 33.1 Å². The van der Waals surface area contributed by atoms with Crippen LogP contribution in [-0.4, -0.2) is 50.4 Å². The number of methoxy groups -OCH3 is 1. The molecule has 0 atom stereocenters. The van der Waals surface area contributed by atoms with Crippen LogP contribution >= 0.6 is 0 Å². The first-order valence-corrected chi connectivity index (χ1v) is 9.63. The van der Waals surface area contributed by atoms with Crippen LogP contribution in [0.25, 0.3) is 0 Å². The topological polar surface area (TPSA) is 84.0 Å². The second-order valence-electron chi connectivity index (χ2n) is 8.32. The van der Waals surface area contributed by atoms with Crippen LogP contribution in [0.3, 0.4) is 0 Å². The van der Waals surface area contributed by atoms with Crippen LogP contribution in [0.5, 0.6) is 5.75 Å². The number of ether oxygens (including phenoxy) is 2. The fourth-order valence-corrected chi connectivity index (χ4v) is 2.48. The first kappa shape index (κ1) is 23.6. The molecule has 0 unspecified atom stereocenters. The zero-order valence-electron chi connectivity index (χ0n) is 18.3. The largest absolute Gasteiger partial charge is 0.497 e. The van der Waals surface area contributed by atoms with E-state index in [1.54, 1.807) is 14.2 Å². The van der Waals surface area contributed by atoms with E-state index >= 15 is 0 Å². The molecule has 0 heterocycles. The Kier molecular flexibility index (Phi) is 9.09. The van der Waals surface area contributed by atoms with Crippen molar-refractivity contribution in [3.8, 4) is 5.75 Å². The van der Waals surface area contributed by atoms with Crippen molar-refractivity contribution < 1.29 is 14.3 Å². The van der Waals surface area contributed by atoms with Crippen LogP contribution in [0.1, 0.15) is 46.6 Å². The standard InChI is InChI=1S/C21H36N4O3/c1-20(2,3)28-19(26)25-21(4,5)15-24-18(22-6)23-13-9-11-16-10-8-12-17(14-16)27-7/h8,10,12,14H,9,11,13,15H2,1-7H3,(H,25,26)(H2,22,23,24). The number of aliphatic imine (C=N–C) groups is 1. The van der Waals surface area contributed by atoms with Crippen molar-refractivity contribution >= 4 is 12.1 Å². The van der Waals surface area contributed by atoms with E-state index in [1.807, 2.05) is 46.8 Å². The van der Waals surface area contributed by atoms with Crippen molar-refractivity contribution in [2.75, 3.05) is 27.2 Å². The number of carbonyl (C=O) groups is 1. The molecule has 0 aromatic heterocycles. The predicted molar refractivity (Wildman–Crippen MR) is 114 cm³/mol. The van der Waals surface area contributed by atoms with Gasteiger partial charge in [-0.3, -0.25) is 4.99 Å². The van der Waals surface area contributed by atoms with Crippen LogP contribution in [0.2, 0.25) is 0 Å². The Morgan fingerprint density at radius 2 is 1.86 bits per heavy atom. The summed E-state index contributed by atoms with van der Waals surface area (Å²) in [5.41, 5.74) is 0.237. The normalized spacial score (nSPS) is 12.3. The highest BCUT2D eigenvalue weighted by atomic mass is 16.6. The molecule has 28 heavy (non-hydrogen) atoms. The number of hydrogen-bond acceptors (Lipinski definition) is 4. The Morgan fingerprint density at radius 3 is 2.46 bits per heavy atom. The van der Waals surface area contributed by atoms with Crippen LogP contribution in [0.15, 0.2) is 29.3 Å². The van der Waals surface area contributed by atoms with Gasteiger partial charge >= 0.3 is 6.09 Å². The summed E-state index contributed by atoms with van der Waals surface area (Å²) in [6.45, 7) is 10.7. The number of aryl methyl sites for hydroxylation is 1. The summed E-state index contributed by atoms with van der Waals surface area (Å²) in [5.74, 6) is 1.58. The molecule has 3 N–H and O–H groups in total. The van der Waals surface area contributed by atoms with Gasteiger partial charge in [-0.25, -0.2) is 4.79 Å². The first-order chi connectivity index (χ1) is 13.0. The molecule has 0 aliphatic carbocycles. The van der Waals surface area contributed by atoms with Gasteiger partial charge in [-0.05, 0) is 65.2 Å². The number of rotatable bonds is 8. The molecule has 0 fully saturated rings. The zero-order valence-corrected chi connectivity index (χ0v) is 18.3. The minimum absolute atomic E-state index is 0.430. The summed E-state index contributed by atoms with van der Waals surface area (Å²) in [6, 6.07) is 8.10. The molecule has 7 nitrogen and oxygen atoms in total. The number of hydrogen-bond donors (Lipinski definition) is 3. The SMILES string of the molecule is CN=C(NCCCc1cccc(OC)c1)NCC(C)(C)NC(=O)OC(C)(C)C. The predicted octanol–water partition coefficient (Wildman–Crippen LogP) is 3.10. The molecule has 1 aromatic carbocycles. The van der Waals surface area contributed by atoms with Gasteiger partial charge in [0.25, 0.3) is 0 Å². The van der Waals surface area contributed by atoms with E-state index in [0.29, 0.717) is 12.5 Å². The summed E-state index contributed by atoms with van der Waals surface area (Å²) < 4.78 is 10.6. The van der Waals surface area contributed by atoms with Gasteiger partial charge in [0.05, 0.1) is 12.6 Å². The van der Waals surface area contributed by atoms with E-state index in [-0.39, 0.29) is 0 Å². The maximum Gasteiger partial charge on any atom is 0.408 e. The number of carbonyl (C=O) groups excluding carboxylic acids is 1. The molecule has 1 amide bonds. The Hall–Kier alpha value is -2.44. The number of benzene rings is 1. The van der Waals surface area contributed by atoms with Gasteiger partial charge in [0.2, 0.25) is 0 Å². The van der Waals surface area contributed by atoms with E-state index in [9.17, 15) is 4.79 Å². The van der Waals surface area contributed by atoms with Gasteiger partial charge < -0.3 is 25.4 Å². The number of nitrogens with zero attached hydrogens (tertiary/aromatic N) is 1. The fourth-order valence-electron chi connectivity index (χ4n) is 2.48. The molecule has 0 saturated heterocycles. The highest BCUT2D eigenvalue weighted by molar-refractivity contribution is 5.79. The van der Waals surface area contributed by atoms with E-state index in [1.165, 1.54) is 5.56 Å². The monoisotopic (exact) mass is 392 g/mol. The smallest absolute Gasteiger partial charge is 0.408 e. The van der Waals surface area contributed by atoms with Crippen molar-refractivity contribution in [1.82, 2.24) is 16.0 Å².